The molecule has 0 radical (unpaired) electrons. The van der Waals surface area contributed by atoms with Crippen molar-refractivity contribution in [2.24, 2.45) is 0 Å². The molecule has 2 N–H and O–H groups in total. The van der Waals surface area contributed by atoms with E-state index in [9.17, 15) is 5.11 Å². The number of phenolic OH excluding ortho intramolecular Hbond substituents is 1. The SMILES string of the molecule is Oc1ccc(Nc2cc(-c3ccccc3)nc(-c3ccccc3)c2)cc1. The first-order valence-electron chi connectivity index (χ1n) is 8.47. The van der Waals surface area contributed by atoms with Gasteiger partial charge in [0.25, 0.3) is 0 Å². The van der Waals surface area contributed by atoms with E-state index in [0.717, 1.165) is 33.9 Å². The van der Waals surface area contributed by atoms with Crippen LogP contribution in [0.3, 0.4) is 0 Å². The van der Waals surface area contributed by atoms with Gasteiger partial charge in [0.1, 0.15) is 5.75 Å². The number of pyridine rings is 1. The molecule has 3 heteroatoms. The molecule has 0 spiro atoms. The lowest BCUT2D eigenvalue weighted by molar-refractivity contribution is 0.475. The predicted molar refractivity (Wildman–Crippen MR) is 106 cm³/mol. The van der Waals surface area contributed by atoms with Crippen LogP contribution in [0, 0.1) is 0 Å². The molecular weight excluding hydrogens is 320 g/mol. The molecule has 3 nitrogen and oxygen atoms in total. The van der Waals surface area contributed by atoms with Gasteiger partial charge in [-0.1, -0.05) is 60.7 Å². The quantitative estimate of drug-likeness (QED) is 0.458. The van der Waals surface area contributed by atoms with Crippen LogP contribution in [0.5, 0.6) is 5.75 Å². The Labute approximate surface area is 152 Å². The summed E-state index contributed by atoms with van der Waals surface area (Å²) in [6.07, 6.45) is 0. The number of nitrogens with one attached hydrogen (secondary N) is 1. The van der Waals surface area contributed by atoms with Crippen LogP contribution in [-0.4, -0.2) is 10.1 Å². The number of aromatic hydroxyl groups is 1. The molecule has 0 saturated carbocycles. The second-order valence-electron chi connectivity index (χ2n) is 6.03. The molecule has 126 valence electrons. The number of rotatable bonds is 4. The molecule has 1 aromatic heterocycles. The Bertz CT molecular complexity index is 940. The Morgan fingerprint density at radius 2 is 1.08 bits per heavy atom. The number of benzene rings is 3. The average molecular weight is 338 g/mol. The van der Waals surface area contributed by atoms with Crippen LogP contribution in [0.2, 0.25) is 0 Å². The Morgan fingerprint density at radius 1 is 0.577 bits per heavy atom. The number of nitrogens with zero attached hydrogens (tertiary/aromatic N) is 1. The first-order valence-corrected chi connectivity index (χ1v) is 8.47. The molecule has 0 aliphatic heterocycles. The minimum atomic E-state index is 0.250. The highest BCUT2D eigenvalue weighted by Gasteiger charge is 2.07. The molecule has 0 bridgehead atoms. The lowest BCUT2D eigenvalue weighted by Crippen LogP contribution is -1.95. The van der Waals surface area contributed by atoms with E-state index in [1.165, 1.54) is 0 Å². The zero-order valence-corrected chi connectivity index (χ0v) is 14.1. The first-order chi connectivity index (χ1) is 12.8. The zero-order chi connectivity index (χ0) is 17.8. The van der Waals surface area contributed by atoms with Crippen molar-refractivity contribution in [2.45, 2.75) is 0 Å². The van der Waals surface area contributed by atoms with Crippen LogP contribution >= 0.6 is 0 Å². The second kappa shape index (κ2) is 7.11. The molecule has 0 unspecified atom stereocenters. The van der Waals surface area contributed by atoms with E-state index in [4.69, 9.17) is 4.98 Å². The third-order valence-electron chi connectivity index (χ3n) is 4.12. The molecule has 4 aromatic rings. The van der Waals surface area contributed by atoms with Crippen LogP contribution in [0.4, 0.5) is 11.4 Å². The van der Waals surface area contributed by atoms with E-state index in [0.29, 0.717) is 0 Å². The molecule has 0 atom stereocenters. The summed E-state index contributed by atoms with van der Waals surface area (Å²) in [5, 5.41) is 12.9. The highest BCUT2D eigenvalue weighted by Crippen LogP contribution is 2.29. The van der Waals surface area contributed by atoms with E-state index in [1.807, 2.05) is 60.7 Å². The molecule has 0 amide bonds. The van der Waals surface area contributed by atoms with E-state index in [2.05, 4.69) is 29.6 Å². The van der Waals surface area contributed by atoms with Crippen molar-refractivity contribution < 1.29 is 5.11 Å². The molecular formula is C23H18N2O. The summed E-state index contributed by atoms with van der Waals surface area (Å²) >= 11 is 0. The fourth-order valence-corrected chi connectivity index (χ4v) is 2.83. The van der Waals surface area contributed by atoms with Crippen molar-refractivity contribution >= 4 is 11.4 Å². The van der Waals surface area contributed by atoms with E-state index in [1.54, 1.807) is 12.1 Å². The minimum Gasteiger partial charge on any atom is -0.508 e. The molecule has 4 rings (SSSR count). The molecule has 0 saturated heterocycles. The number of hydrogen-bond acceptors (Lipinski definition) is 3. The van der Waals surface area contributed by atoms with E-state index < -0.39 is 0 Å². The fourth-order valence-electron chi connectivity index (χ4n) is 2.83. The van der Waals surface area contributed by atoms with Crippen molar-refractivity contribution in [3.8, 4) is 28.3 Å². The van der Waals surface area contributed by atoms with Gasteiger partial charge >= 0.3 is 0 Å². The van der Waals surface area contributed by atoms with Crippen molar-refractivity contribution in [3.63, 3.8) is 0 Å². The Kier molecular flexibility index (Phi) is 4.35. The molecule has 1 heterocycles. The number of aromatic nitrogens is 1. The van der Waals surface area contributed by atoms with Gasteiger partial charge in [-0.3, -0.25) is 0 Å². The van der Waals surface area contributed by atoms with Gasteiger partial charge in [-0.25, -0.2) is 4.98 Å². The number of phenols is 1. The summed E-state index contributed by atoms with van der Waals surface area (Å²) in [5.74, 6) is 0.250. The van der Waals surface area contributed by atoms with Crippen LogP contribution in [0.1, 0.15) is 0 Å². The van der Waals surface area contributed by atoms with Gasteiger partial charge in [-0.05, 0) is 36.4 Å². The second-order valence-corrected chi connectivity index (χ2v) is 6.03. The molecule has 0 aliphatic rings. The van der Waals surface area contributed by atoms with Crippen molar-refractivity contribution in [1.82, 2.24) is 4.98 Å². The van der Waals surface area contributed by atoms with Crippen LogP contribution < -0.4 is 5.32 Å². The van der Waals surface area contributed by atoms with Crippen molar-refractivity contribution in [1.29, 1.82) is 0 Å². The van der Waals surface area contributed by atoms with Gasteiger partial charge in [0.15, 0.2) is 0 Å². The van der Waals surface area contributed by atoms with E-state index >= 15 is 0 Å². The summed E-state index contributed by atoms with van der Waals surface area (Å²) in [5.41, 5.74) is 5.81. The Balaban J connectivity index is 1.78. The van der Waals surface area contributed by atoms with Gasteiger partial charge in [0.2, 0.25) is 0 Å². The number of anilines is 2. The van der Waals surface area contributed by atoms with Crippen molar-refractivity contribution in [2.75, 3.05) is 5.32 Å². The maximum Gasteiger partial charge on any atom is 0.115 e. The molecule has 0 fully saturated rings. The fraction of sp³-hybridized carbons (Fsp3) is 0. The lowest BCUT2D eigenvalue weighted by Gasteiger charge is -2.12. The molecule has 3 aromatic carbocycles. The standard InChI is InChI=1S/C23H18N2O/c26-21-13-11-19(12-14-21)24-20-15-22(17-7-3-1-4-8-17)25-23(16-20)18-9-5-2-6-10-18/h1-16,26H,(H,24,25). The topological polar surface area (TPSA) is 45.1 Å². The third kappa shape index (κ3) is 3.57. The summed E-state index contributed by atoms with van der Waals surface area (Å²) in [6.45, 7) is 0. The van der Waals surface area contributed by atoms with Crippen LogP contribution in [0.15, 0.2) is 97.1 Å². The van der Waals surface area contributed by atoms with Gasteiger partial charge in [-0.15, -0.1) is 0 Å². The normalized spacial score (nSPS) is 10.5. The summed E-state index contributed by atoms with van der Waals surface area (Å²) in [6, 6.07) is 31.4. The molecule has 26 heavy (non-hydrogen) atoms. The highest BCUT2D eigenvalue weighted by atomic mass is 16.3. The Hall–Kier alpha value is -3.59. The van der Waals surface area contributed by atoms with Crippen LogP contribution in [0.25, 0.3) is 22.5 Å². The predicted octanol–water partition coefficient (Wildman–Crippen LogP) is 5.86. The van der Waals surface area contributed by atoms with Gasteiger partial charge in [0, 0.05) is 22.5 Å². The number of hydrogen-bond donors (Lipinski definition) is 2. The van der Waals surface area contributed by atoms with Gasteiger partial charge in [-0.2, -0.15) is 0 Å². The largest absolute Gasteiger partial charge is 0.508 e. The molecule has 0 aliphatic carbocycles. The monoisotopic (exact) mass is 338 g/mol. The van der Waals surface area contributed by atoms with Gasteiger partial charge < -0.3 is 10.4 Å². The lowest BCUT2D eigenvalue weighted by atomic mass is 10.1. The average Bonchev–Trinajstić information content (AvgIpc) is 2.71. The summed E-state index contributed by atoms with van der Waals surface area (Å²) < 4.78 is 0. The van der Waals surface area contributed by atoms with E-state index in [-0.39, 0.29) is 5.75 Å². The maximum absolute atomic E-state index is 9.47. The minimum absolute atomic E-state index is 0.250. The van der Waals surface area contributed by atoms with Crippen LogP contribution in [-0.2, 0) is 0 Å². The third-order valence-corrected chi connectivity index (χ3v) is 4.12. The first kappa shape index (κ1) is 15.9. The van der Waals surface area contributed by atoms with Gasteiger partial charge in [0.05, 0.1) is 11.4 Å². The highest BCUT2D eigenvalue weighted by molar-refractivity contribution is 5.74. The summed E-state index contributed by atoms with van der Waals surface area (Å²) in [4.78, 5) is 4.85. The van der Waals surface area contributed by atoms with Crippen molar-refractivity contribution in [3.05, 3.63) is 97.1 Å². The maximum atomic E-state index is 9.47. The summed E-state index contributed by atoms with van der Waals surface area (Å²) in [7, 11) is 0. The Morgan fingerprint density at radius 3 is 1.58 bits per heavy atom. The smallest absolute Gasteiger partial charge is 0.115 e. The zero-order valence-electron chi connectivity index (χ0n) is 14.1.